The highest BCUT2D eigenvalue weighted by Crippen LogP contribution is 2.31. The molecule has 3 rings (SSSR count). The van der Waals surface area contributed by atoms with Gasteiger partial charge < -0.3 is 19.8 Å². The number of rotatable bonds is 7. The lowest BCUT2D eigenvalue weighted by atomic mass is 10.0. The van der Waals surface area contributed by atoms with Gasteiger partial charge in [0.25, 0.3) is 5.91 Å². The molecule has 0 aliphatic heterocycles. The van der Waals surface area contributed by atoms with Gasteiger partial charge in [0, 0.05) is 5.39 Å². The Morgan fingerprint density at radius 3 is 2.43 bits per heavy atom. The quantitative estimate of drug-likeness (QED) is 0.570. The first-order chi connectivity index (χ1) is 14.3. The summed E-state index contributed by atoms with van der Waals surface area (Å²) in [6.07, 6.45) is 0. The summed E-state index contributed by atoms with van der Waals surface area (Å²) in [5, 5.41) is 6.94. The van der Waals surface area contributed by atoms with Crippen LogP contribution in [0.2, 0.25) is 5.02 Å². The molecule has 2 N–H and O–H groups in total. The van der Waals surface area contributed by atoms with E-state index in [0.29, 0.717) is 27.7 Å². The molecule has 0 spiro atoms. The van der Waals surface area contributed by atoms with Gasteiger partial charge in [-0.3, -0.25) is 9.59 Å². The van der Waals surface area contributed by atoms with Gasteiger partial charge in [-0.15, -0.1) is 0 Å². The molecule has 1 heterocycles. The van der Waals surface area contributed by atoms with Crippen LogP contribution in [0.4, 0.5) is 0 Å². The summed E-state index contributed by atoms with van der Waals surface area (Å²) in [4.78, 5) is 25.6. The van der Waals surface area contributed by atoms with Gasteiger partial charge in [-0.1, -0.05) is 49.7 Å². The first kappa shape index (κ1) is 21.7. The second kappa shape index (κ2) is 9.22. The summed E-state index contributed by atoms with van der Waals surface area (Å²) >= 11 is 6.11. The number of carbonyl (C=O) groups is 2. The monoisotopic (exact) mass is 428 g/mol. The van der Waals surface area contributed by atoms with Crippen LogP contribution >= 0.6 is 11.6 Å². The van der Waals surface area contributed by atoms with E-state index in [0.717, 1.165) is 5.39 Å². The standard InChI is InChI=1S/C23H25ClN2O4/c1-13(2)20(26-22(27)16-9-5-6-10-17(16)24)23(28)25-14(3)19-12-15-8-7-11-18(29-4)21(15)30-19/h5-14,20H,1-4H3,(H,25,28)(H,26,27). The molecule has 0 radical (unpaired) electrons. The topological polar surface area (TPSA) is 80.6 Å². The summed E-state index contributed by atoms with van der Waals surface area (Å²) in [5.74, 6) is 0.410. The van der Waals surface area contributed by atoms with Crippen molar-refractivity contribution in [3.63, 3.8) is 0 Å². The number of ether oxygens (including phenoxy) is 1. The molecule has 0 fully saturated rings. The maximum Gasteiger partial charge on any atom is 0.253 e. The van der Waals surface area contributed by atoms with E-state index in [1.54, 1.807) is 31.4 Å². The van der Waals surface area contributed by atoms with E-state index in [9.17, 15) is 9.59 Å². The largest absolute Gasteiger partial charge is 0.493 e. The predicted octanol–water partition coefficient (Wildman–Crippen LogP) is 4.73. The summed E-state index contributed by atoms with van der Waals surface area (Å²) in [7, 11) is 1.58. The number of halogens is 1. The van der Waals surface area contributed by atoms with E-state index in [4.69, 9.17) is 20.8 Å². The Kier molecular flexibility index (Phi) is 6.67. The van der Waals surface area contributed by atoms with Gasteiger partial charge in [0.05, 0.1) is 23.7 Å². The van der Waals surface area contributed by atoms with E-state index in [-0.39, 0.29) is 11.8 Å². The highest BCUT2D eigenvalue weighted by Gasteiger charge is 2.27. The number of methoxy groups -OCH3 is 1. The minimum absolute atomic E-state index is 0.126. The normalized spacial score (nSPS) is 13.1. The van der Waals surface area contributed by atoms with Crippen LogP contribution in [0, 0.1) is 5.92 Å². The number of hydrogen-bond acceptors (Lipinski definition) is 4. The SMILES string of the molecule is COc1cccc2cc(C(C)NC(=O)C(NC(=O)c3ccccc3Cl)C(C)C)oc12. The van der Waals surface area contributed by atoms with Crippen molar-refractivity contribution in [2.24, 2.45) is 5.92 Å². The average Bonchev–Trinajstić information content (AvgIpc) is 3.16. The Bertz CT molecular complexity index is 1060. The molecule has 1 aromatic heterocycles. The van der Waals surface area contributed by atoms with E-state index in [1.165, 1.54) is 0 Å². The third-order valence-corrected chi connectivity index (χ3v) is 5.22. The van der Waals surface area contributed by atoms with Gasteiger partial charge in [0.2, 0.25) is 5.91 Å². The molecule has 0 saturated heterocycles. The fourth-order valence-corrected chi connectivity index (χ4v) is 3.43. The molecule has 2 atom stereocenters. The van der Waals surface area contributed by atoms with Gasteiger partial charge in [0.15, 0.2) is 11.3 Å². The average molecular weight is 429 g/mol. The summed E-state index contributed by atoms with van der Waals surface area (Å²) < 4.78 is 11.2. The minimum atomic E-state index is -0.727. The smallest absolute Gasteiger partial charge is 0.253 e. The molecule has 158 valence electrons. The maximum atomic E-state index is 12.9. The Morgan fingerprint density at radius 1 is 1.03 bits per heavy atom. The molecule has 0 aliphatic rings. The van der Waals surface area contributed by atoms with E-state index < -0.39 is 18.0 Å². The molecule has 6 nitrogen and oxygen atoms in total. The zero-order valence-electron chi connectivity index (χ0n) is 17.4. The van der Waals surface area contributed by atoms with Gasteiger partial charge in [-0.25, -0.2) is 0 Å². The number of amides is 2. The fraction of sp³-hybridized carbons (Fsp3) is 0.304. The Balaban J connectivity index is 1.75. The molecule has 3 aromatic rings. The Labute approximate surface area is 180 Å². The molecular weight excluding hydrogens is 404 g/mol. The van der Waals surface area contributed by atoms with Crippen LogP contribution in [-0.2, 0) is 4.79 Å². The number of carbonyl (C=O) groups excluding carboxylic acids is 2. The molecule has 2 amide bonds. The molecule has 0 bridgehead atoms. The minimum Gasteiger partial charge on any atom is -0.493 e. The van der Waals surface area contributed by atoms with Crippen LogP contribution in [0.5, 0.6) is 5.75 Å². The highest BCUT2D eigenvalue weighted by atomic mass is 35.5. The van der Waals surface area contributed by atoms with Crippen molar-refractivity contribution in [2.75, 3.05) is 7.11 Å². The van der Waals surface area contributed by atoms with Gasteiger partial charge in [0.1, 0.15) is 11.8 Å². The van der Waals surface area contributed by atoms with Crippen LogP contribution < -0.4 is 15.4 Å². The molecule has 2 aromatic carbocycles. The van der Waals surface area contributed by atoms with Crippen LogP contribution in [0.3, 0.4) is 0 Å². The molecule has 2 unspecified atom stereocenters. The molecule has 0 saturated carbocycles. The fourth-order valence-electron chi connectivity index (χ4n) is 3.20. The van der Waals surface area contributed by atoms with Crippen LogP contribution in [0.15, 0.2) is 52.9 Å². The Morgan fingerprint density at radius 2 is 1.77 bits per heavy atom. The van der Waals surface area contributed by atoms with Gasteiger partial charge in [-0.05, 0) is 37.1 Å². The van der Waals surface area contributed by atoms with E-state index in [2.05, 4.69) is 10.6 Å². The Hall–Kier alpha value is -2.99. The number of benzene rings is 2. The second-order valence-corrected chi connectivity index (χ2v) is 7.84. The predicted molar refractivity (Wildman–Crippen MR) is 117 cm³/mol. The van der Waals surface area contributed by atoms with E-state index >= 15 is 0 Å². The highest BCUT2D eigenvalue weighted by molar-refractivity contribution is 6.33. The lowest BCUT2D eigenvalue weighted by molar-refractivity contribution is -0.124. The van der Waals surface area contributed by atoms with Crippen molar-refractivity contribution in [3.8, 4) is 5.75 Å². The summed E-state index contributed by atoms with van der Waals surface area (Å²) in [6.45, 7) is 5.57. The van der Waals surface area contributed by atoms with Crippen molar-refractivity contribution in [3.05, 3.63) is 64.9 Å². The number of hydrogen-bond donors (Lipinski definition) is 2. The van der Waals surface area contributed by atoms with E-state index in [1.807, 2.05) is 45.0 Å². The summed E-state index contributed by atoms with van der Waals surface area (Å²) in [6, 6.07) is 13.1. The number of nitrogens with one attached hydrogen (secondary N) is 2. The molecule has 30 heavy (non-hydrogen) atoms. The van der Waals surface area contributed by atoms with Crippen molar-refractivity contribution >= 4 is 34.4 Å². The summed E-state index contributed by atoms with van der Waals surface area (Å²) in [5.41, 5.74) is 0.957. The van der Waals surface area contributed by atoms with Gasteiger partial charge >= 0.3 is 0 Å². The second-order valence-electron chi connectivity index (χ2n) is 7.43. The lowest BCUT2D eigenvalue weighted by Crippen LogP contribution is -2.50. The first-order valence-corrected chi connectivity index (χ1v) is 10.1. The van der Waals surface area contributed by atoms with Crippen molar-refractivity contribution in [1.29, 1.82) is 0 Å². The van der Waals surface area contributed by atoms with Crippen LogP contribution in [0.25, 0.3) is 11.0 Å². The first-order valence-electron chi connectivity index (χ1n) is 9.74. The van der Waals surface area contributed by atoms with Crippen LogP contribution in [0.1, 0.15) is 42.9 Å². The lowest BCUT2D eigenvalue weighted by Gasteiger charge is -2.23. The van der Waals surface area contributed by atoms with Crippen molar-refractivity contribution in [1.82, 2.24) is 10.6 Å². The number of furan rings is 1. The maximum absolute atomic E-state index is 12.9. The third kappa shape index (κ3) is 4.60. The zero-order chi connectivity index (χ0) is 21.8. The number of fused-ring (bicyclic) bond motifs is 1. The van der Waals surface area contributed by atoms with Crippen molar-refractivity contribution in [2.45, 2.75) is 32.9 Å². The molecule has 7 heteroatoms. The van der Waals surface area contributed by atoms with Gasteiger partial charge in [-0.2, -0.15) is 0 Å². The molecule has 0 aliphatic carbocycles. The van der Waals surface area contributed by atoms with Crippen molar-refractivity contribution < 1.29 is 18.7 Å². The zero-order valence-corrected chi connectivity index (χ0v) is 18.1. The third-order valence-electron chi connectivity index (χ3n) is 4.89. The van der Waals surface area contributed by atoms with Crippen LogP contribution in [-0.4, -0.2) is 25.0 Å². The number of para-hydroxylation sites is 1. The molecular formula is C23H25ClN2O4.